The third-order valence-electron chi connectivity index (χ3n) is 5.45. The number of rotatable bonds is 8. The molecule has 8 nitrogen and oxygen atoms in total. The first kappa shape index (κ1) is 20.2. The summed E-state index contributed by atoms with van der Waals surface area (Å²) in [4.78, 5) is 12.6. The minimum absolute atomic E-state index is 0.0409. The van der Waals surface area contributed by atoms with Gasteiger partial charge in [0.1, 0.15) is 17.4 Å². The molecule has 1 unspecified atom stereocenters. The largest absolute Gasteiger partial charge is 0.490 e. The van der Waals surface area contributed by atoms with Crippen molar-refractivity contribution < 1.29 is 19.7 Å². The maximum atomic E-state index is 10.5. The molecule has 4 N–H and O–H groups in total. The van der Waals surface area contributed by atoms with Crippen LogP contribution in [-0.4, -0.2) is 65.1 Å². The Balaban J connectivity index is 1.40. The van der Waals surface area contributed by atoms with Crippen molar-refractivity contribution in [3.8, 4) is 11.8 Å². The Kier molecular flexibility index (Phi) is 6.60. The van der Waals surface area contributed by atoms with Crippen molar-refractivity contribution in [3.63, 3.8) is 0 Å². The van der Waals surface area contributed by atoms with Crippen molar-refractivity contribution in [2.75, 3.05) is 31.5 Å². The van der Waals surface area contributed by atoms with E-state index in [1.165, 1.54) is 0 Å². The van der Waals surface area contributed by atoms with Crippen LogP contribution in [0.25, 0.3) is 0 Å². The highest BCUT2D eigenvalue weighted by atomic mass is 16.5. The summed E-state index contributed by atoms with van der Waals surface area (Å²) in [7, 11) is 0. The Labute approximate surface area is 165 Å². The predicted octanol–water partition coefficient (Wildman–Crippen LogP) is 2.02. The van der Waals surface area contributed by atoms with Gasteiger partial charge >= 0.3 is 6.09 Å². The topological polar surface area (TPSA) is 118 Å². The second kappa shape index (κ2) is 9.13. The van der Waals surface area contributed by atoms with E-state index in [0.717, 1.165) is 56.6 Å². The summed E-state index contributed by atoms with van der Waals surface area (Å²) >= 11 is 0. The van der Waals surface area contributed by atoms with Crippen molar-refractivity contribution in [1.29, 1.82) is 5.26 Å². The van der Waals surface area contributed by atoms with Gasteiger partial charge in [0.05, 0.1) is 12.2 Å². The van der Waals surface area contributed by atoms with Gasteiger partial charge in [0.2, 0.25) is 0 Å². The van der Waals surface area contributed by atoms with Gasteiger partial charge in [-0.15, -0.1) is 0 Å². The lowest BCUT2D eigenvalue weighted by Crippen LogP contribution is -2.44. The first-order valence-electron chi connectivity index (χ1n) is 9.81. The molecule has 1 saturated carbocycles. The van der Waals surface area contributed by atoms with Gasteiger partial charge in [0, 0.05) is 31.9 Å². The van der Waals surface area contributed by atoms with E-state index in [-0.39, 0.29) is 12.6 Å². The van der Waals surface area contributed by atoms with Gasteiger partial charge in [0.25, 0.3) is 0 Å². The van der Waals surface area contributed by atoms with Gasteiger partial charge in [-0.3, -0.25) is 0 Å². The zero-order valence-electron chi connectivity index (χ0n) is 15.9. The number of β-amino-alcohol motifs (C(OH)–C–C–N with tert-alkyl or cyclic N) is 1. The highest BCUT2D eigenvalue weighted by Gasteiger charge is 2.37. The minimum Gasteiger partial charge on any atom is -0.490 e. The Morgan fingerprint density at radius 1 is 1.32 bits per heavy atom. The number of carbonyl (C=O) groups is 1. The number of benzene rings is 1. The van der Waals surface area contributed by atoms with Crippen LogP contribution < -0.4 is 15.4 Å². The number of ether oxygens (including phenoxy) is 1. The second-order valence-electron chi connectivity index (χ2n) is 7.65. The number of anilines is 1. The molecule has 8 heteroatoms. The molecule has 0 radical (unpaired) electrons. The molecule has 28 heavy (non-hydrogen) atoms. The molecular weight excluding hydrogens is 360 g/mol. The van der Waals surface area contributed by atoms with Crippen LogP contribution in [0.3, 0.4) is 0 Å². The predicted molar refractivity (Wildman–Crippen MR) is 104 cm³/mol. The molecule has 3 rings (SSSR count). The number of nitriles is 1. The van der Waals surface area contributed by atoms with E-state index < -0.39 is 17.7 Å². The zero-order chi connectivity index (χ0) is 20.0. The number of nitrogens with one attached hydrogen (secondary N) is 2. The molecule has 1 aliphatic carbocycles. The normalized spacial score (nSPS) is 20.4. The number of aliphatic hydroxyl groups excluding tert-OH is 1. The van der Waals surface area contributed by atoms with E-state index in [9.17, 15) is 15.2 Å². The van der Waals surface area contributed by atoms with Crippen LogP contribution in [0.15, 0.2) is 24.3 Å². The lowest BCUT2D eigenvalue weighted by atomic mass is 9.78. The van der Waals surface area contributed by atoms with Gasteiger partial charge < -0.3 is 30.5 Å². The van der Waals surface area contributed by atoms with Crippen LogP contribution >= 0.6 is 0 Å². The van der Waals surface area contributed by atoms with Gasteiger partial charge in [-0.2, -0.15) is 5.26 Å². The summed E-state index contributed by atoms with van der Waals surface area (Å²) < 4.78 is 6.07. The Hall–Kier alpha value is -2.50. The Bertz CT molecular complexity index is 691. The van der Waals surface area contributed by atoms with E-state index >= 15 is 0 Å². The molecule has 0 aromatic heterocycles. The lowest BCUT2D eigenvalue weighted by Gasteiger charge is -2.36. The summed E-state index contributed by atoms with van der Waals surface area (Å²) in [6.07, 6.45) is 2.88. The van der Waals surface area contributed by atoms with Crippen molar-refractivity contribution in [1.82, 2.24) is 10.2 Å². The number of hydrogen-bond donors (Lipinski definition) is 4. The van der Waals surface area contributed by atoms with Crippen LogP contribution in [-0.2, 0) is 0 Å². The third kappa shape index (κ3) is 5.50. The first-order valence-corrected chi connectivity index (χ1v) is 9.81. The van der Waals surface area contributed by atoms with E-state index in [2.05, 4.69) is 21.6 Å². The lowest BCUT2D eigenvalue weighted by molar-refractivity contribution is 0.0611. The quantitative estimate of drug-likeness (QED) is 0.538. The van der Waals surface area contributed by atoms with Crippen molar-refractivity contribution in [2.45, 2.75) is 49.9 Å². The average molecular weight is 388 g/mol. The number of carboxylic acid groups (broad SMARTS) is 1. The number of piperidine rings is 1. The molecule has 1 aromatic carbocycles. The minimum atomic E-state index is -1.12. The zero-order valence-corrected chi connectivity index (χ0v) is 15.9. The molecule has 1 saturated heterocycles. The fourth-order valence-electron chi connectivity index (χ4n) is 3.66. The third-order valence-corrected chi connectivity index (χ3v) is 5.45. The highest BCUT2D eigenvalue weighted by Crippen LogP contribution is 2.35. The molecule has 2 fully saturated rings. The summed E-state index contributed by atoms with van der Waals surface area (Å²) in [6.45, 7) is 2.10. The van der Waals surface area contributed by atoms with Crippen molar-refractivity contribution in [2.24, 2.45) is 0 Å². The highest BCUT2D eigenvalue weighted by molar-refractivity contribution is 5.64. The van der Waals surface area contributed by atoms with Crippen LogP contribution in [0, 0.1) is 11.3 Å². The van der Waals surface area contributed by atoms with Gasteiger partial charge in [-0.25, -0.2) is 4.79 Å². The van der Waals surface area contributed by atoms with Crippen molar-refractivity contribution in [3.05, 3.63) is 24.3 Å². The molecule has 152 valence electrons. The monoisotopic (exact) mass is 388 g/mol. The van der Waals surface area contributed by atoms with Crippen LogP contribution in [0.5, 0.6) is 5.75 Å². The molecule has 0 bridgehead atoms. The van der Waals surface area contributed by atoms with Gasteiger partial charge in [-0.05, 0) is 56.4 Å². The van der Waals surface area contributed by atoms with E-state index in [4.69, 9.17) is 9.84 Å². The molecular formula is C20H28N4O4. The number of nitrogens with zero attached hydrogens (tertiary/aromatic N) is 2. The molecule has 1 aliphatic heterocycles. The smallest absolute Gasteiger partial charge is 0.404 e. The molecule has 0 spiro atoms. The maximum absolute atomic E-state index is 10.5. The Morgan fingerprint density at radius 3 is 2.54 bits per heavy atom. The second-order valence-corrected chi connectivity index (χ2v) is 7.65. The standard InChI is InChI=1S/C20H28N4O4/c21-14-20(8-1-9-20)23-15-2-4-17(5-3-15)28-18-6-10-24(11-7-18)13-16(25)12-22-19(26)27/h2-5,16,18,22-23,25H,1,6-13H2,(H,26,27). The molecule has 2 aliphatic rings. The Morgan fingerprint density at radius 2 is 2.00 bits per heavy atom. The van der Waals surface area contributed by atoms with Crippen LogP contribution in [0.4, 0.5) is 10.5 Å². The summed E-state index contributed by atoms with van der Waals surface area (Å²) in [5.41, 5.74) is 0.534. The summed E-state index contributed by atoms with van der Waals surface area (Å²) in [5.74, 6) is 0.814. The van der Waals surface area contributed by atoms with Crippen LogP contribution in [0.1, 0.15) is 32.1 Å². The van der Waals surface area contributed by atoms with E-state index in [0.29, 0.717) is 6.54 Å². The summed E-state index contributed by atoms with van der Waals surface area (Å²) in [5, 5.41) is 33.3. The summed E-state index contributed by atoms with van der Waals surface area (Å²) in [6, 6.07) is 10.1. The number of amides is 1. The first-order chi connectivity index (χ1) is 13.5. The SMILES string of the molecule is N#CC1(Nc2ccc(OC3CCN(CC(O)CNC(=O)O)CC3)cc2)CCC1. The molecule has 1 amide bonds. The van der Waals surface area contributed by atoms with Crippen LogP contribution in [0.2, 0.25) is 0 Å². The van der Waals surface area contributed by atoms with E-state index in [1.54, 1.807) is 0 Å². The fourth-order valence-corrected chi connectivity index (χ4v) is 3.66. The number of aliphatic hydroxyl groups is 1. The van der Waals surface area contributed by atoms with Gasteiger partial charge in [0.15, 0.2) is 0 Å². The van der Waals surface area contributed by atoms with Crippen molar-refractivity contribution >= 4 is 11.8 Å². The molecule has 1 atom stereocenters. The molecule has 1 heterocycles. The number of likely N-dealkylation sites (tertiary alicyclic amines) is 1. The average Bonchev–Trinajstić information content (AvgIpc) is 2.66. The number of hydrogen-bond acceptors (Lipinski definition) is 6. The maximum Gasteiger partial charge on any atom is 0.404 e. The van der Waals surface area contributed by atoms with E-state index in [1.807, 2.05) is 24.3 Å². The van der Waals surface area contributed by atoms with Gasteiger partial charge in [-0.1, -0.05) is 0 Å². The molecule has 1 aromatic rings. The fraction of sp³-hybridized carbons (Fsp3) is 0.600.